The van der Waals surface area contributed by atoms with Gasteiger partial charge < -0.3 is 5.32 Å². The fourth-order valence-corrected chi connectivity index (χ4v) is 3.51. The number of nitrogens with zero attached hydrogens (tertiary/aromatic N) is 1. The predicted octanol–water partition coefficient (Wildman–Crippen LogP) is 5.01. The van der Waals surface area contributed by atoms with Crippen molar-refractivity contribution in [1.82, 2.24) is 10.2 Å². The van der Waals surface area contributed by atoms with E-state index in [-0.39, 0.29) is 5.56 Å². The van der Waals surface area contributed by atoms with Crippen LogP contribution in [0.4, 0.5) is 13.2 Å². The second-order valence-electron chi connectivity index (χ2n) is 5.95. The highest BCUT2D eigenvalue weighted by Crippen LogP contribution is 2.40. The summed E-state index contributed by atoms with van der Waals surface area (Å²) in [4.78, 5) is 2.04. The SMILES string of the molecule is FC(F)(F)c1ccccc1C(c1ccc(Cl)c(Cl)c1)N1CCNCC1. The molecule has 1 atom stereocenters. The number of hydrogen-bond acceptors (Lipinski definition) is 2. The molecule has 1 aliphatic heterocycles. The van der Waals surface area contributed by atoms with Crippen molar-refractivity contribution in [3.8, 4) is 0 Å². The van der Waals surface area contributed by atoms with Crippen molar-refractivity contribution in [1.29, 1.82) is 0 Å². The van der Waals surface area contributed by atoms with Crippen LogP contribution in [0.25, 0.3) is 0 Å². The van der Waals surface area contributed by atoms with Crippen LogP contribution in [0.2, 0.25) is 10.0 Å². The van der Waals surface area contributed by atoms with Gasteiger partial charge in [0.1, 0.15) is 0 Å². The minimum absolute atomic E-state index is 0.232. The Labute approximate surface area is 154 Å². The third-order valence-corrected chi connectivity index (χ3v) is 5.08. The van der Waals surface area contributed by atoms with Crippen molar-refractivity contribution in [3.63, 3.8) is 0 Å². The Morgan fingerprint density at radius 3 is 2.28 bits per heavy atom. The normalized spacial score (nSPS) is 17.5. The Hall–Kier alpha value is -1.27. The van der Waals surface area contributed by atoms with Gasteiger partial charge in [-0.25, -0.2) is 0 Å². The summed E-state index contributed by atoms with van der Waals surface area (Å²) in [5.74, 6) is 0. The Kier molecular flexibility index (Phi) is 5.58. The molecule has 0 spiro atoms. The highest BCUT2D eigenvalue weighted by atomic mass is 35.5. The van der Waals surface area contributed by atoms with Crippen LogP contribution in [-0.4, -0.2) is 31.1 Å². The van der Waals surface area contributed by atoms with Crippen molar-refractivity contribution in [2.75, 3.05) is 26.2 Å². The highest BCUT2D eigenvalue weighted by Gasteiger charge is 2.37. The predicted molar refractivity (Wildman–Crippen MR) is 94.2 cm³/mol. The number of piperazine rings is 1. The lowest BCUT2D eigenvalue weighted by molar-refractivity contribution is -0.138. The molecule has 0 aliphatic carbocycles. The topological polar surface area (TPSA) is 15.3 Å². The van der Waals surface area contributed by atoms with Crippen molar-refractivity contribution >= 4 is 23.2 Å². The zero-order valence-corrected chi connectivity index (χ0v) is 14.8. The molecular formula is C18H17Cl2F3N2. The third-order valence-electron chi connectivity index (χ3n) is 4.34. The standard InChI is InChI=1S/C18H17Cl2F3N2/c19-15-6-5-12(11-16(15)20)17(25-9-7-24-8-10-25)13-3-1-2-4-14(13)18(21,22)23/h1-6,11,17,24H,7-10H2. The second-order valence-corrected chi connectivity index (χ2v) is 6.76. The van der Waals surface area contributed by atoms with E-state index in [4.69, 9.17) is 23.2 Å². The van der Waals surface area contributed by atoms with E-state index < -0.39 is 17.8 Å². The first-order valence-electron chi connectivity index (χ1n) is 7.94. The molecule has 134 valence electrons. The first-order chi connectivity index (χ1) is 11.9. The van der Waals surface area contributed by atoms with E-state index in [1.165, 1.54) is 12.1 Å². The van der Waals surface area contributed by atoms with Crippen LogP contribution in [0.5, 0.6) is 0 Å². The third kappa shape index (κ3) is 4.11. The Bertz CT molecular complexity index is 743. The fourth-order valence-electron chi connectivity index (χ4n) is 3.20. The molecule has 7 heteroatoms. The van der Waals surface area contributed by atoms with Gasteiger partial charge in [-0.15, -0.1) is 0 Å². The molecule has 25 heavy (non-hydrogen) atoms. The van der Waals surface area contributed by atoms with Gasteiger partial charge in [-0.1, -0.05) is 47.5 Å². The lowest BCUT2D eigenvalue weighted by Gasteiger charge is -2.36. The van der Waals surface area contributed by atoms with Crippen molar-refractivity contribution in [2.45, 2.75) is 12.2 Å². The quantitative estimate of drug-likeness (QED) is 0.794. The molecule has 1 N–H and O–H groups in total. The molecule has 2 aromatic rings. The number of rotatable bonds is 3. The van der Waals surface area contributed by atoms with E-state index in [1.54, 1.807) is 24.3 Å². The summed E-state index contributed by atoms with van der Waals surface area (Å²) < 4.78 is 40.7. The smallest absolute Gasteiger partial charge is 0.314 e. The number of hydrogen-bond donors (Lipinski definition) is 1. The molecule has 0 aromatic heterocycles. The maximum absolute atomic E-state index is 13.6. The molecule has 1 fully saturated rings. The van der Waals surface area contributed by atoms with Gasteiger partial charge in [0.25, 0.3) is 0 Å². The maximum atomic E-state index is 13.6. The summed E-state index contributed by atoms with van der Waals surface area (Å²) in [5, 5.41) is 3.95. The minimum Gasteiger partial charge on any atom is -0.314 e. The average molecular weight is 389 g/mol. The summed E-state index contributed by atoms with van der Waals surface area (Å²) in [6, 6.07) is 10.2. The van der Waals surface area contributed by atoms with Crippen LogP contribution in [-0.2, 0) is 6.18 Å². The van der Waals surface area contributed by atoms with Crippen molar-refractivity contribution in [2.24, 2.45) is 0 Å². The van der Waals surface area contributed by atoms with Crippen LogP contribution in [0.3, 0.4) is 0 Å². The van der Waals surface area contributed by atoms with Gasteiger partial charge in [0.2, 0.25) is 0 Å². The van der Waals surface area contributed by atoms with E-state index in [2.05, 4.69) is 5.32 Å². The second kappa shape index (κ2) is 7.54. The van der Waals surface area contributed by atoms with Gasteiger partial charge in [-0.2, -0.15) is 13.2 Å². The number of alkyl halides is 3. The zero-order chi connectivity index (χ0) is 18.0. The highest BCUT2D eigenvalue weighted by molar-refractivity contribution is 6.42. The minimum atomic E-state index is -4.42. The first kappa shape index (κ1) is 18.5. The largest absolute Gasteiger partial charge is 0.416 e. The van der Waals surface area contributed by atoms with Crippen LogP contribution in [0, 0.1) is 0 Å². The van der Waals surface area contributed by atoms with E-state index in [0.717, 1.165) is 19.2 Å². The summed E-state index contributed by atoms with van der Waals surface area (Å²) in [6.45, 7) is 2.76. The van der Waals surface area contributed by atoms with E-state index >= 15 is 0 Å². The molecule has 0 saturated carbocycles. The molecule has 1 unspecified atom stereocenters. The van der Waals surface area contributed by atoms with Gasteiger partial charge in [-0.3, -0.25) is 4.90 Å². The van der Waals surface area contributed by atoms with Crippen molar-refractivity contribution < 1.29 is 13.2 Å². The average Bonchev–Trinajstić information content (AvgIpc) is 2.59. The molecule has 2 nitrogen and oxygen atoms in total. The molecule has 2 aromatic carbocycles. The Balaban J connectivity index is 2.13. The molecule has 3 rings (SSSR count). The molecule has 0 radical (unpaired) electrons. The van der Waals surface area contributed by atoms with Gasteiger partial charge in [-0.05, 0) is 29.3 Å². The van der Waals surface area contributed by atoms with Gasteiger partial charge in [0, 0.05) is 26.2 Å². The lowest BCUT2D eigenvalue weighted by atomic mass is 9.92. The summed E-state index contributed by atoms with van der Waals surface area (Å²) in [5.41, 5.74) is 0.313. The maximum Gasteiger partial charge on any atom is 0.416 e. The Morgan fingerprint density at radius 1 is 0.960 bits per heavy atom. The number of halogens is 5. The Morgan fingerprint density at radius 2 is 1.64 bits per heavy atom. The van der Waals surface area contributed by atoms with Crippen molar-refractivity contribution in [3.05, 3.63) is 69.2 Å². The van der Waals surface area contributed by atoms with Crippen LogP contribution < -0.4 is 5.32 Å². The van der Waals surface area contributed by atoms with Crippen LogP contribution >= 0.6 is 23.2 Å². The zero-order valence-electron chi connectivity index (χ0n) is 13.3. The van der Waals surface area contributed by atoms with E-state index in [9.17, 15) is 13.2 Å². The fraction of sp³-hybridized carbons (Fsp3) is 0.333. The summed E-state index contributed by atoms with van der Waals surface area (Å²) in [6.07, 6.45) is -4.42. The summed E-state index contributed by atoms with van der Waals surface area (Å²) in [7, 11) is 0. The molecule has 0 amide bonds. The molecule has 1 aliphatic rings. The molecule has 0 bridgehead atoms. The van der Waals surface area contributed by atoms with Crippen LogP contribution in [0.1, 0.15) is 22.7 Å². The van der Waals surface area contributed by atoms with Crippen LogP contribution in [0.15, 0.2) is 42.5 Å². The van der Waals surface area contributed by atoms with E-state index in [0.29, 0.717) is 28.7 Å². The molecule has 1 saturated heterocycles. The molecule has 1 heterocycles. The van der Waals surface area contributed by atoms with E-state index in [1.807, 2.05) is 4.90 Å². The monoisotopic (exact) mass is 388 g/mol. The van der Waals surface area contributed by atoms with Gasteiger partial charge >= 0.3 is 6.18 Å². The molecular weight excluding hydrogens is 372 g/mol. The van der Waals surface area contributed by atoms with Gasteiger partial charge in [0.05, 0.1) is 21.7 Å². The lowest BCUT2D eigenvalue weighted by Crippen LogP contribution is -2.45. The first-order valence-corrected chi connectivity index (χ1v) is 8.69. The number of nitrogens with one attached hydrogen (secondary N) is 1. The summed E-state index contributed by atoms with van der Waals surface area (Å²) >= 11 is 12.1. The number of benzene rings is 2. The van der Waals surface area contributed by atoms with Gasteiger partial charge in [0.15, 0.2) is 0 Å².